The Morgan fingerprint density at radius 3 is 2.43 bits per heavy atom. The van der Waals surface area contributed by atoms with Gasteiger partial charge in [0, 0.05) is 17.7 Å². The number of hydrogen-bond donors (Lipinski definition) is 3. The van der Waals surface area contributed by atoms with Crippen LogP contribution in [0.15, 0.2) is 78.9 Å². The first-order valence-corrected chi connectivity index (χ1v) is 11.7. The number of nitrogens with zero attached hydrogens (tertiary/aromatic N) is 2. The van der Waals surface area contributed by atoms with E-state index in [1.807, 2.05) is 66.7 Å². The number of anilines is 2. The minimum atomic E-state index is -0.834. The second kappa shape index (κ2) is 10.2. The van der Waals surface area contributed by atoms with E-state index >= 15 is 0 Å². The number of carbonyl (C=O) groups is 2. The Kier molecular flexibility index (Phi) is 6.53. The molecule has 3 amide bonds. The predicted octanol–water partition coefficient (Wildman–Crippen LogP) is 4.31. The molecule has 0 fully saturated rings. The zero-order valence-electron chi connectivity index (χ0n) is 18.4. The molecule has 3 aromatic carbocycles. The molecule has 1 aliphatic rings. The summed E-state index contributed by atoms with van der Waals surface area (Å²) in [5, 5.41) is 17.5. The highest BCUT2D eigenvalue weighted by molar-refractivity contribution is 7.18. The normalized spacial score (nSPS) is 12.6. The first kappa shape index (κ1) is 22.4. The second-order valence-corrected chi connectivity index (χ2v) is 8.65. The third kappa shape index (κ3) is 5.56. The van der Waals surface area contributed by atoms with E-state index in [-0.39, 0.29) is 6.79 Å². The number of urea groups is 1. The number of carbonyl (C=O) groups excluding carboxylic acids is 2. The maximum absolute atomic E-state index is 13.2. The average molecular weight is 488 g/mol. The summed E-state index contributed by atoms with van der Waals surface area (Å²) in [6.45, 7) is 0.184. The minimum Gasteiger partial charge on any atom is -0.454 e. The van der Waals surface area contributed by atoms with Crippen molar-refractivity contribution in [3.05, 3.63) is 84.4 Å². The highest BCUT2D eigenvalue weighted by atomic mass is 32.1. The van der Waals surface area contributed by atoms with E-state index in [1.54, 1.807) is 12.1 Å². The summed E-state index contributed by atoms with van der Waals surface area (Å²) in [7, 11) is 0. The molecule has 1 unspecified atom stereocenters. The molecule has 0 radical (unpaired) electrons. The molecule has 2 heterocycles. The van der Waals surface area contributed by atoms with Gasteiger partial charge in [-0.1, -0.05) is 59.9 Å². The lowest BCUT2D eigenvalue weighted by Gasteiger charge is -2.18. The molecule has 0 aliphatic carbocycles. The summed E-state index contributed by atoms with van der Waals surface area (Å²) in [4.78, 5) is 25.8. The standard InChI is InChI=1S/C25H21N5O4S/c31-22(28-25-30-29-23(35-25)17-11-12-20-21(14-17)34-15-33-20)19(13-16-7-3-1-4-8-16)27-24(32)26-18-9-5-2-6-10-18/h1-12,14,19H,13,15H2,(H2,26,27,32)(H,28,30,31). The van der Waals surface area contributed by atoms with Gasteiger partial charge in [-0.3, -0.25) is 10.1 Å². The monoisotopic (exact) mass is 487 g/mol. The largest absolute Gasteiger partial charge is 0.454 e. The van der Waals surface area contributed by atoms with Crippen molar-refractivity contribution in [1.29, 1.82) is 0 Å². The highest BCUT2D eigenvalue weighted by Gasteiger charge is 2.23. The number of amides is 3. The molecule has 4 aromatic rings. The third-order valence-electron chi connectivity index (χ3n) is 5.21. The Hall–Kier alpha value is -4.44. The summed E-state index contributed by atoms with van der Waals surface area (Å²) < 4.78 is 10.8. The van der Waals surface area contributed by atoms with Gasteiger partial charge in [-0.2, -0.15) is 0 Å². The molecule has 3 N–H and O–H groups in total. The van der Waals surface area contributed by atoms with Crippen molar-refractivity contribution in [2.75, 3.05) is 17.4 Å². The van der Waals surface area contributed by atoms with Crippen molar-refractivity contribution in [2.45, 2.75) is 12.5 Å². The van der Waals surface area contributed by atoms with E-state index in [9.17, 15) is 9.59 Å². The molecule has 0 spiro atoms. The number of ether oxygens (including phenoxy) is 2. The number of para-hydroxylation sites is 1. The summed E-state index contributed by atoms with van der Waals surface area (Å²) in [5.74, 6) is 0.917. The Labute approximate surface area is 205 Å². The molecule has 1 aromatic heterocycles. The number of hydrogen-bond acceptors (Lipinski definition) is 7. The van der Waals surface area contributed by atoms with Gasteiger partial charge in [0.2, 0.25) is 17.8 Å². The second-order valence-electron chi connectivity index (χ2n) is 7.68. The van der Waals surface area contributed by atoms with Crippen molar-refractivity contribution in [1.82, 2.24) is 15.5 Å². The van der Waals surface area contributed by atoms with Gasteiger partial charge < -0.3 is 20.1 Å². The molecule has 9 nitrogen and oxygen atoms in total. The van der Waals surface area contributed by atoms with Crippen molar-refractivity contribution in [3.8, 4) is 22.1 Å². The zero-order valence-corrected chi connectivity index (χ0v) is 19.2. The van der Waals surface area contributed by atoms with E-state index in [2.05, 4.69) is 26.1 Å². The molecule has 1 aliphatic heterocycles. The van der Waals surface area contributed by atoms with Crippen LogP contribution < -0.4 is 25.4 Å². The van der Waals surface area contributed by atoms with Crippen LogP contribution in [0.4, 0.5) is 15.6 Å². The fraction of sp³-hybridized carbons (Fsp3) is 0.120. The van der Waals surface area contributed by atoms with Crippen LogP contribution in [0.1, 0.15) is 5.56 Å². The van der Waals surface area contributed by atoms with Gasteiger partial charge in [0.15, 0.2) is 11.5 Å². The van der Waals surface area contributed by atoms with Crippen LogP contribution in [0.3, 0.4) is 0 Å². The lowest BCUT2D eigenvalue weighted by atomic mass is 10.1. The molecular weight excluding hydrogens is 466 g/mol. The molecule has 0 bridgehead atoms. The van der Waals surface area contributed by atoms with Crippen LogP contribution in [0, 0.1) is 0 Å². The van der Waals surface area contributed by atoms with Gasteiger partial charge in [-0.05, 0) is 35.9 Å². The van der Waals surface area contributed by atoms with E-state index in [1.165, 1.54) is 11.3 Å². The number of aromatic nitrogens is 2. The highest BCUT2D eigenvalue weighted by Crippen LogP contribution is 2.37. The molecule has 35 heavy (non-hydrogen) atoms. The first-order valence-electron chi connectivity index (χ1n) is 10.8. The van der Waals surface area contributed by atoms with E-state index in [0.29, 0.717) is 33.7 Å². The summed E-state index contributed by atoms with van der Waals surface area (Å²) in [5.41, 5.74) is 2.33. The Bertz CT molecular complexity index is 1330. The van der Waals surface area contributed by atoms with Crippen molar-refractivity contribution >= 4 is 34.1 Å². The summed E-state index contributed by atoms with van der Waals surface area (Å²) >= 11 is 1.23. The van der Waals surface area contributed by atoms with E-state index < -0.39 is 18.0 Å². The SMILES string of the molecule is O=C(Nc1ccccc1)NC(Cc1ccccc1)C(=O)Nc1nnc(-c2ccc3c(c2)OCO3)s1. The van der Waals surface area contributed by atoms with Gasteiger partial charge in [0.1, 0.15) is 11.0 Å². The fourth-order valence-corrected chi connectivity index (χ4v) is 4.26. The maximum atomic E-state index is 13.2. The van der Waals surface area contributed by atoms with E-state index in [4.69, 9.17) is 9.47 Å². The average Bonchev–Trinajstić information content (AvgIpc) is 3.54. The van der Waals surface area contributed by atoms with Crippen LogP contribution in [-0.2, 0) is 11.2 Å². The molecule has 5 rings (SSSR count). The predicted molar refractivity (Wildman–Crippen MR) is 133 cm³/mol. The van der Waals surface area contributed by atoms with E-state index in [0.717, 1.165) is 11.1 Å². The lowest BCUT2D eigenvalue weighted by Crippen LogP contribution is -2.46. The van der Waals surface area contributed by atoms with Gasteiger partial charge in [0.25, 0.3) is 0 Å². The number of rotatable bonds is 7. The fourth-order valence-electron chi connectivity index (χ4n) is 3.52. The molecule has 0 saturated heterocycles. The number of benzene rings is 3. The molecular formula is C25H21N5O4S. The Balaban J connectivity index is 1.29. The van der Waals surface area contributed by atoms with Crippen LogP contribution in [-0.4, -0.2) is 35.0 Å². The molecule has 0 saturated carbocycles. The van der Waals surface area contributed by atoms with Gasteiger partial charge in [-0.25, -0.2) is 4.79 Å². The Morgan fingerprint density at radius 1 is 0.886 bits per heavy atom. The van der Waals surface area contributed by atoms with Gasteiger partial charge in [0.05, 0.1) is 0 Å². The van der Waals surface area contributed by atoms with Crippen molar-refractivity contribution in [3.63, 3.8) is 0 Å². The molecule has 1 atom stereocenters. The van der Waals surface area contributed by atoms with Gasteiger partial charge >= 0.3 is 6.03 Å². The topological polar surface area (TPSA) is 114 Å². The zero-order chi connectivity index (χ0) is 24.0. The minimum absolute atomic E-state index is 0.184. The van der Waals surface area contributed by atoms with Crippen molar-refractivity contribution in [2.24, 2.45) is 0 Å². The summed E-state index contributed by atoms with van der Waals surface area (Å²) in [6, 6.07) is 22.7. The summed E-state index contributed by atoms with van der Waals surface area (Å²) in [6.07, 6.45) is 0.308. The molecule has 176 valence electrons. The first-order chi connectivity index (χ1) is 17.1. The van der Waals surface area contributed by atoms with Crippen LogP contribution in [0.5, 0.6) is 11.5 Å². The van der Waals surface area contributed by atoms with Crippen molar-refractivity contribution < 1.29 is 19.1 Å². The number of fused-ring (bicyclic) bond motifs is 1. The maximum Gasteiger partial charge on any atom is 0.319 e. The van der Waals surface area contributed by atoms with Crippen LogP contribution in [0.25, 0.3) is 10.6 Å². The smallest absolute Gasteiger partial charge is 0.319 e. The lowest BCUT2D eigenvalue weighted by molar-refractivity contribution is -0.117. The van der Waals surface area contributed by atoms with Crippen LogP contribution >= 0.6 is 11.3 Å². The quantitative estimate of drug-likeness (QED) is 0.358. The Morgan fingerprint density at radius 2 is 1.63 bits per heavy atom. The van der Waals surface area contributed by atoms with Gasteiger partial charge in [-0.15, -0.1) is 10.2 Å². The number of nitrogens with one attached hydrogen (secondary N) is 3. The molecule has 10 heteroatoms. The third-order valence-corrected chi connectivity index (χ3v) is 6.10. The van der Waals surface area contributed by atoms with Crippen LogP contribution in [0.2, 0.25) is 0 Å².